The van der Waals surface area contributed by atoms with Gasteiger partial charge >= 0.3 is 11.9 Å². The topological polar surface area (TPSA) is 114 Å². The minimum absolute atomic E-state index is 0.0923. The van der Waals surface area contributed by atoms with Crippen LogP contribution in [0.5, 0.6) is 11.5 Å². The summed E-state index contributed by atoms with van der Waals surface area (Å²) in [7, 11) is -3.03. The van der Waals surface area contributed by atoms with Crippen molar-refractivity contribution in [1.82, 2.24) is 0 Å². The Morgan fingerprint density at radius 3 is 2.57 bits per heavy atom. The Balaban J connectivity index is 2.19. The van der Waals surface area contributed by atoms with Crippen LogP contribution in [-0.2, 0) is 26.0 Å². The second-order valence-corrected chi connectivity index (χ2v) is 7.48. The summed E-state index contributed by atoms with van der Waals surface area (Å²) in [4.78, 5) is 11.4. The second-order valence-electron chi connectivity index (χ2n) is 6.50. The standard InChI is InChI=1S/C19H14F3NO6S/c1-9(24)28-18-15-11(8-30(26)27)2-3-14(16(15)17(25)19(18,21)22)29-13-5-10(7-23)4-12(20)6-13/h2-6,17-18,25,30H,8H2,1H3/t17-,18-/m0/s1. The van der Waals surface area contributed by atoms with Crippen LogP contribution < -0.4 is 4.74 Å². The van der Waals surface area contributed by atoms with Gasteiger partial charge in [-0.2, -0.15) is 14.0 Å². The fourth-order valence-electron chi connectivity index (χ4n) is 3.26. The van der Waals surface area contributed by atoms with Gasteiger partial charge in [0, 0.05) is 24.1 Å². The van der Waals surface area contributed by atoms with Crippen molar-refractivity contribution in [3.05, 3.63) is 58.4 Å². The highest BCUT2D eigenvalue weighted by atomic mass is 32.2. The zero-order chi connectivity index (χ0) is 22.2. The monoisotopic (exact) mass is 441 g/mol. The molecule has 0 saturated heterocycles. The number of nitrogens with zero attached hydrogens (tertiary/aromatic N) is 1. The van der Waals surface area contributed by atoms with Crippen molar-refractivity contribution in [2.45, 2.75) is 30.8 Å². The quantitative estimate of drug-likeness (QED) is 0.542. The van der Waals surface area contributed by atoms with Gasteiger partial charge in [-0.3, -0.25) is 4.79 Å². The van der Waals surface area contributed by atoms with Crippen LogP contribution >= 0.6 is 0 Å². The smallest absolute Gasteiger partial charge is 0.317 e. The third-order valence-corrected chi connectivity index (χ3v) is 5.00. The highest BCUT2D eigenvalue weighted by molar-refractivity contribution is 7.71. The van der Waals surface area contributed by atoms with Gasteiger partial charge in [0.1, 0.15) is 28.0 Å². The van der Waals surface area contributed by atoms with Crippen molar-refractivity contribution in [2.24, 2.45) is 0 Å². The van der Waals surface area contributed by atoms with Crippen LogP contribution in [-0.4, -0.2) is 25.4 Å². The van der Waals surface area contributed by atoms with Gasteiger partial charge in [0.2, 0.25) is 0 Å². The third kappa shape index (κ3) is 3.96. The molecule has 0 unspecified atom stereocenters. The molecule has 0 fully saturated rings. The fraction of sp³-hybridized carbons (Fsp3) is 0.263. The number of hydrogen-bond acceptors (Lipinski definition) is 7. The van der Waals surface area contributed by atoms with E-state index in [0.29, 0.717) is 0 Å². The van der Waals surface area contributed by atoms with E-state index in [1.165, 1.54) is 6.07 Å². The number of benzene rings is 2. The lowest BCUT2D eigenvalue weighted by atomic mass is 10.0. The zero-order valence-corrected chi connectivity index (χ0v) is 16.2. The second kappa shape index (κ2) is 7.97. The van der Waals surface area contributed by atoms with E-state index in [9.17, 15) is 31.5 Å². The first-order valence-corrected chi connectivity index (χ1v) is 9.80. The number of ether oxygens (including phenoxy) is 2. The number of fused-ring (bicyclic) bond motifs is 1. The SMILES string of the molecule is CC(=O)O[C@H]1c2c(C[SH](=O)=O)ccc(Oc3cc(F)cc(C#N)c3)c2[C@H](O)C1(F)F. The maximum absolute atomic E-state index is 14.7. The largest absolute Gasteiger partial charge is 0.457 e. The molecule has 158 valence electrons. The van der Waals surface area contributed by atoms with E-state index in [2.05, 4.69) is 0 Å². The Bertz CT molecular complexity index is 1130. The summed E-state index contributed by atoms with van der Waals surface area (Å²) in [5.74, 6) is -7.03. The molecule has 1 N–H and O–H groups in total. The summed E-state index contributed by atoms with van der Waals surface area (Å²) in [5.41, 5.74) is -1.07. The molecule has 0 saturated carbocycles. The Labute approximate surface area is 170 Å². The summed E-state index contributed by atoms with van der Waals surface area (Å²) >= 11 is 0. The molecule has 3 rings (SSSR count). The van der Waals surface area contributed by atoms with Crippen molar-refractivity contribution in [3.8, 4) is 17.6 Å². The minimum atomic E-state index is -3.98. The molecule has 0 aliphatic heterocycles. The van der Waals surface area contributed by atoms with Crippen LogP contribution in [0.1, 0.15) is 41.4 Å². The first-order valence-electron chi connectivity index (χ1n) is 8.43. The van der Waals surface area contributed by atoms with Crippen LogP contribution in [0.3, 0.4) is 0 Å². The van der Waals surface area contributed by atoms with Gasteiger partial charge in [0.15, 0.2) is 12.2 Å². The number of thiol groups is 1. The van der Waals surface area contributed by atoms with Gasteiger partial charge in [0.25, 0.3) is 0 Å². The first kappa shape index (κ1) is 21.6. The summed E-state index contributed by atoms with van der Waals surface area (Å²) in [5, 5.41) is 19.2. The number of rotatable bonds is 5. The van der Waals surface area contributed by atoms with Crippen LogP contribution in [0.4, 0.5) is 13.2 Å². The molecular weight excluding hydrogens is 427 g/mol. The van der Waals surface area contributed by atoms with Gasteiger partial charge in [0.05, 0.1) is 17.4 Å². The van der Waals surface area contributed by atoms with Crippen molar-refractivity contribution < 1.29 is 41.0 Å². The molecule has 1 aliphatic carbocycles. The predicted molar refractivity (Wildman–Crippen MR) is 96.1 cm³/mol. The number of halogens is 3. The molecule has 7 nitrogen and oxygen atoms in total. The average Bonchev–Trinajstić information content (AvgIpc) is 2.84. The molecule has 0 aromatic heterocycles. The van der Waals surface area contributed by atoms with E-state index in [1.54, 1.807) is 6.07 Å². The summed E-state index contributed by atoms with van der Waals surface area (Å²) in [6.07, 6.45) is -4.73. The maximum atomic E-state index is 14.7. The van der Waals surface area contributed by atoms with E-state index < -0.39 is 57.5 Å². The van der Waals surface area contributed by atoms with Crippen LogP contribution in [0, 0.1) is 17.1 Å². The molecule has 30 heavy (non-hydrogen) atoms. The van der Waals surface area contributed by atoms with E-state index in [-0.39, 0.29) is 22.6 Å². The minimum Gasteiger partial charge on any atom is -0.457 e. The molecule has 0 bridgehead atoms. The van der Waals surface area contributed by atoms with Gasteiger partial charge in [-0.1, -0.05) is 6.07 Å². The van der Waals surface area contributed by atoms with Gasteiger partial charge in [-0.25, -0.2) is 12.8 Å². The molecule has 0 radical (unpaired) electrons. The maximum Gasteiger partial charge on any atom is 0.317 e. The van der Waals surface area contributed by atoms with E-state index in [1.807, 2.05) is 0 Å². The lowest BCUT2D eigenvalue weighted by Crippen LogP contribution is -2.30. The molecule has 2 aromatic rings. The molecule has 0 heterocycles. The van der Waals surface area contributed by atoms with Gasteiger partial charge in [-0.05, 0) is 23.8 Å². The van der Waals surface area contributed by atoms with E-state index in [0.717, 1.165) is 31.2 Å². The first-order chi connectivity index (χ1) is 14.0. The number of alkyl halides is 2. The van der Waals surface area contributed by atoms with E-state index in [4.69, 9.17) is 14.7 Å². The Kier molecular flexibility index (Phi) is 5.74. The van der Waals surface area contributed by atoms with Gasteiger partial charge in [-0.15, -0.1) is 0 Å². The molecule has 11 heteroatoms. The fourth-order valence-corrected chi connectivity index (χ4v) is 3.82. The van der Waals surface area contributed by atoms with Crippen LogP contribution in [0.25, 0.3) is 0 Å². The predicted octanol–water partition coefficient (Wildman–Crippen LogP) is 2.89. The Morgan fingerprint density at radius 1 is 1.27 bits per heavy atom. The third-order valence-electron chi connectivity index (χ3n) is 4.40. The summed E-state index contributed by atoms with van der Waals surface area (Å²) < 4.78 is 75.7. The Morgan fingerprint density at radius 2 is 1.97 bits per heavy atom. The summed E-state index contributed by atoms with van der Waals surface area (Å²) in [6.45, 7) is 0.894. The lowest BCUT2D eigenvalue weighted by molar-refractivity contribution is -0.193. The highest BCUT2D eigenvalue weighted by Gasteiger charge is 2.59. The number of aliphatic hydroxyl groups is 1. The molecule has 2 atom stereocenters. The van der Waals surface area contributed by atoms with Crippen molar-refractivity contribution in [1.29, 1.82) is 5.26 Å². The molecule has 2 aromatic carbocycles. The normalized spacial score (nSPS) is 19.2. The van der Waals surface area contributed by atoms with Crippen LogP contribution in [0.2, 0.25) is 0 Å². The van der Waals surface area contributed by atoms with E-state index >= 15 is 0 Å². The highest BCUT2D eigenvalue weighted by Crippen LogP contribution is 2.56. The number of carbonyl (C=O) groups is 1. The van der Waals surface area contributed by atoms with Crippen LogP contribution in [0.15, 0.2) is 30.3 Å². The lowest BCUT2D eigenvalue weighted by Gasteiger charge is -2.22. The number of hydrogen-bond donors (Lipinski definition) is 2. The van der Waals surface area contributed by atoms with Crippen molar-refractivity contribution in [2.75, 3.05) is 0 Å². The molecule has 0 spiro atoms. The summed E-state index contributed by atoms with van der Waals surface area (Å²) in [6, 6.07) is 7.02. The van der Waals surface area contributed by atoms with Gasteiger partial charge < -0.3 is 14.6 Å². The Hall–Kier alpha value is -3.10. The molecule has 1 aliphatic rings. The average molecular weight is 441 g/mol. The number of nitriles is 1. The molecular formula is C19H14F3NO6S. The van der Waals surface area contributed by atoms with Crippen molar-refractivity contribution in [3.63, 3.8) is 0 Å². The number of aliphatic hydroxyl groups excluding tert-OH is 1. The molecule has 0 amide bonds. The number of esters is 1. The number of carbonyl (C=O) groups excluding carboxylic acids is 1. The van der Waals surface area contributed by atoms with Crippen molar-refractivity contribution >= 4 is 16.7 Å². The zero-order valence-electron chi connectivity index (χ0n) is 15.3.